The number of hydrogen-bond acceptors (Lipinski definition) is 3. The van der Waals surface area contributed by atoms with Crippen molar-refractivity contribution < 1.29 is 9.53 Å². The second-order valence-corrected chi connectivity index (χ2v) is 5.69. The Hall–Kier alpha value is -0.970. The number of ether oxygens (including phenoxy) is 1. The van der Waals surface area contributed by atoms with Crippen LogP contribution >= 0.6 is 24.0 Å². The molecule has 0 aromatic heterocycles. The highest BCUT2D eigenvalue weighted by Gasteiger charge is 2.33. The summed E-state index contributed by atoms with van der Waals surface area (Å²) >= 11 is 5.95. The highest BCUT2D eigenvalue weighted by atomic mass is 35.5. The molecule has 0 bridgehead atoms. The van der Waals surface area contributed by atoms with Crippen LogP contribution in [-0.4, -0.2) is 36.0 Å². The van der Waals surface area contributed by atoms with Crippen LogP contribution in [0.1, 0.15) is 18.4 Å². The first-order valence-corrected chi connectivity index (χ1v) is 7.01. The van der Waals surface area contributed by atoms with Gasteiger partial charge in [0.25, 0.3) is 5.91 Å². The smallest absolute Gasteiger partial charge is 0.264 e. The van der Waals surface area contributed by atoms with Crippen LogP contribution in [0.15, 0.2) is 18.2 Å². The summed E-state index contributed by atoms with van der Waals surface area (Å²) in [6, 6.07) is 5.57. The molecular weight excluding hydrogens is 299 g/mol. The number of amides is 1. The fourth-order valence-electron chi connectivity index (χ4n) is 2.77. The number of fused-ring (bicyclic) bond motifs is 1. The molecule has 2 unspecified atom stereocenters. The molecule has 2 heterocycles. The zero-order valence-corrected chi connectivity index (χ0v) is 12.6. The number of benzene rings is 1. The third-order valence-electron chi connectivity index (χ3n) is 3.74. The molecule has 1 amide bonds. The summed E-state index contributed by atoms with van der Waals surface area (Å²) in [4.78, 5) is 14.2. The molecule has 1 saturated heterocycles. The molecule has 4 nitrogen and oxygen atoms in total. The standard InChI is InChI=1S/C14H17ClN2O2.ClH/c15-10-3-4-12-9(6-10)7-13(19-12)14(18)17-5-1-2-11(16)8-17;/h3-4,6,11,13H,1-2,5,7-8,16H2;1H. The van der Waals surface area contributed by atoms with Crippen LogP contribution in [0.5, 0.6) is 5.75 Å². The lowest BCUT2D eigenvalue weighted by atomic mass is 10.0. The van der Waals surface area contributed by atoms with E-state index in [-0.39, 0.29) is 24.4 Å². The van der Waals surface area contributed by atoms with Gasteiger partial charge in [0.15, 0.2) is 6.10 Å². The molecular formula is C14H18Cl2N2O2. The molecule has 2 aliphatic rings. The minimum atomic E-state index is -0.418. The van der Waals surface area contributed by atoms with Gasteiger partial charge < -0.3 is 15.4 Å². The summed E-state index contributed by atoms with van der Waals surface area (Å²) in [7, 11) is 0. The average Bonchev–Trinajstić information content (AvgIpc) is 2.80. The highest BCUT2D eigenvalue weighted by molar-refractivity contribution is 6.30. The highest BCUT2D eigenvalue weighted by Crippen LogP contribution is 2.32. The molecule has 0 saturated carbocycles. The maximum Gasteiger partial charge on any atom is 0.264 e. The zero-order valence-electron chi connectivity index (χ0n) is 11.0. The summed E-state index contributed by atoms with van der Waals surface area (Å²) < 4.78 is 5.72. The van der Waals surface area contributed by atoms with E-state index in [0.29, 0.717) is 18.0 Å². The van der Waals surface area contributed by atoms with Crippen molar-refractivity contribution in [3.8, 4) is 5.75 Å². The van der Waals surface area contributed by atoms with Gasteiger partial charge in [-0.15, -0.1) is 12.4 Å². The van der Waals surface area contributed by atoms with Gasteiger partial charge >= 0.3 is 0 Å². The Morgan fingerprint density at radius 1 is 1.45 bits per heavy atom. The SMILES string of the molecule is Cl.NC1CCCN(C(=O)C2Cc3cc(Cl)ccc3O2)C1. The molecule has 0 radical (unpaired) electrons. The van der Waals surface area contributed by atoms with Gasteiger partial charge in [0, 0.05) is 30.6 Å². The van der Waals surface area contributed by atoms with Crippen molar-refractivity contribution in [3.63, 3.8) is 0 Å². The Kier molecular flexibility index (Phi) is 4.78. The lowest BCUT2D eigenvalue weighted by molar-refractivity contribution is -0.139. The minimum Gasteiger partial charge on any atom is -0.480 e. The topological polar surface area (TPSA) is 55.6 Å². The molecule has 6 heteroatoms. The van der Waals surface area contributed by atoms with E-state index in [1.54, 1.807) is 6.07 Å². The van der Waals surface area contributed by atoms with Gasteiger partial charge in [0.05, 0.1) is 0 Å². The largest absolute Gasteiger partial charge is 0.480 e. The van der Waals surface area contributed by atoms with Crippen LogP contribution in [0.25, 0.3) is 0 Å². The van der Waals surface area contributed by atoms with Gasteiger partial charge in [-0.25, -0.2) is 0 Å². The quantitative estimate of drug-likeness (QED) is 0.862. The van der Waals surface area contributed by atoms with Crippen molar-refractivity contribution in [2.75, 3.05) is 13.1 Å². The number of carbonyl (C=O) groups is 1. The number of piperidine rings is 1. The normalized spacial score (nSPS) is 24.6. The van der Waals surface area contributed by atoms with Crippen LogP contribution in [-0.2, 0) is 11.2 Å². The fraction of sp³-hybridized carbons (Fsp3) is 0.500. The average molecular weight is 317 g/mol. The van der Waals surface area contributed by atoms with E-state index in [4.69, 9.17) is 22.1 Å². The van der Waals surface area contributed by atoms with E-state index in [2.05, 4.69) is 0 Å². The van der Waals surface area contributed by atoms with Crippen molar-refractivity contribution in [2.24, 2.45) is 5.73 Å². The van der Waals surface area contributed by atoms with Crippen molar-refractivity contribution in [1.82, 2.24) is 4.90 Å². The molecule has 2 N–H and O–H groups in total. The number of nitrogens with zero attached hydrogens (tertiary/aromatic N) is 1. The summed E-state index contributed by atoms with van der Waals surface area (Å²) in [6.07, 6.45) is 2.14. The van der Waals surface area contributed by atoms with Crippen molar-refractivity contribution in [3.05, 3.63) is 28.8 Å². The summed E-state index contributed by atoms with van der Waals surface area (Å²) in [6.45, 7) is 1.42. The predicted octanol–water partition coefficient (Wildman–Crippen LogP) is 2.01. The number of rotatable bonds is 1. The molecule has 3 rings (SSSR count). The number of likely N-dealkylation sites (tertiary alicyclic amines) is 1. The third-order valence-corrected chi connectivity index (χ3v) is 3.98. The first kappa shape index (κ1) is 15.4. The molecule has 0 aliphatic carbocycles. The lowest BCUT2D eigenvalue weighted by Crippen LogP contribution is -2.50. The third kappa shape index (κ3) is 3.03. The molecule has 20 heavy (non-hydrogen) atoms. The Balaban J connectivity index is 0.00000147. The van der Waals surface area contributed by atoms with E-state index in [0.717, 1.165) is 30.7 Å². The van der Waals surface area contributed by atoms with Crippen molar-refractivity contribution in [1.29, 1.82) is 0 Å². The number of hydrogen-bond donors (Lipinski definition) is 1. The predicted molar refractivity (Wildman–Crippen MR) is 80.6 cm³/mol. The number of nitrogens with two attached hydrogens (primary N) is 1. The Morgan fingerprint density at radius 3 is 3.00 bits per heavy atom. The fourth-order valence-corrected chi connectivity index (χ4v) is 2.96. The van der Waals surface area contributed by atoms with Gasteiger partial charge in [0.1, 0.15) is 5.75 Å². The Morgan fingerprint density at radius 2 is 2.25 bits per heavy atom. The Labute approximate surface area is 129 Å². The maximum absolute atomic E-state index is 12.4. The van der Waals surface area contributed by atoms with Gasteiger partial charge in [0.2, 0.25) is 0 Å². The number of halogens is 2. The molecule has 1 aromatic rings. The van der Waals surface area contributed by atoms with E-state index in [1.807, 2.05) is 17.0 Å². The molecule has 1 fully saturated rings. The van der Waals surface area contributed by atoms with Crippen molar-refractivity contribution in [2.45, 2.75) is 31.4 Å². The van der Waals surface area contributed by atoms with E-state index >= 15 is 0 Å². The lowest BCUT2D eigenvalue weighted by Gasteiger charge is -2.32. The van der Waals surface area contributed by atoms with Crippen LogP contribution in [0.2, 0.25) is 5.02 Å². The van der Waals surface area contributed by atoms with Crippen molar-refractivity contribution >= 4 is 29.9 Å². The van der Waals surface area contributed by atoms with Crippen LogP contribution < -0.4 is 10.5 Å². The second-order valence-electron chi connectivity index (χ2n) is 5.25. The molecule has 2 aliphatic heterocycles. The van der Waals surface area contributed by atoms with Crippen LogP contribution in [0.4, 0.5) is 0 Å². The zero-order chi connectivity index (χ0) is 13.4. The minimum absolute atomic E-state index is 0. The van der Waals surface area contributed by atoms with E-state index in [1.165, 1.54) is 0 Å². The first-order chi connectivity index (χ1) is 9.13. The maximum atomic E-state index is 12.4. The monoisotopic (exact) mass is 316 g/mol. The van der Waals surface area contributed by atoms with Gasteiger partial charge in [-0.2, -0.15) is 0 Å². The van der Waals surface area contributed by atoms with Gasteiger partial charge in [-0.1, -0.05) is 11.6 Å². The molecule has 2 atom stereocenters. The van der Waals surface area contributed by atoms with Gasteiger partial charge in [-0.3, -0.25) is 4.79 Å². The van der Waals surface area contributed by atoms with E-state index in [9.17, 15) is 4.79 Å². The van der Waals surface area contributed by atoms with Gasteiger partial charge in [-0.05, 0) is 36.6 Å². The summed E-state index contributed by atoms with van der Waals surface area (Å²) in [5, 5.41) is 0.676. The summed E-state index contributed by atoms with van der Waals surface area (Å²) in [5.74, 6) is 0.812. The number of carbonyl (C=O) groups excluding carboxylic acids is 1. The van der Waals surface area contributed by atoms with E-state index < -0.39 is 6.10 Å². The first-order valence-electron chi connectivity index (χ1n) is 6.63. The van der Waals surface area contributed by atoms with Crippen LogP contribution in [0, 0.1) is 0 Å². The molecule has 0 spiro atoms. The second kappa shape index (κ2) is 6.20. The summed E-state index contributed by atoms with van der Waals surface area (Å²) in [5.41, 5.74) is 6.92. The molecule has 110 valence electrons. The Bertz CT molecular complexity index is 510. The molecule has 1 aromatic carbocycles. The van der Waals surface area contributed by atoms with Crippen LogP contribution in [0.3, 0.4) is 0 Å².